The van der Waals surface area contributed by atoms with Gasteiger partial charge in [-0.3, -0.25) is 9.59 Å². The summed E-state index contributed by atoms with van der Waals surface area (Å²) in [6.07, 6.45) is 3.17. The maximum absolute atomic E-state index is 12.3. The normalized spacial score (nSPS) is 18.9. The standard InChI is InChI=1S/C15H16ClNO3S/c16-12-3-1-2-11(8-12)4-5-14(18)17-6-7-21-10-13(17)9-15(19)20/h1-5,8,13H,6-7,9-10H2,(H,19,20). The van der Waals surface area contributed by atoms with Crippen molar-refractivity contribution in [1.82, 2.24) is 4.90 Å². The summed E-state index contributed by atoms with van der Waals surface area (Å²) in [6.45, 7) is 0.585. The lowest BCUT2D eigenvalue weighted by molar-refractivity contribution is -0.139. The molecule has 0 aromatic heterocycles. The Morgan fingerprint density at radius 2 is 2.29 bits per heavy atom. The molecule has 1 fully saturated rings. The molecule has 0 saturated carbocycles. The van der Waals surface area contributed by atoms with Crippen molar-refractivity contribution in [3.8, 4) is 0 Å². The Balaban J connectivity index is 2.05. The molecule has 1 amide bonds. The molecule has 1 aliphatic heterocycles. The van der Waals surface area contributed by atoms with Gasteiger partial charge in [0.05, 0.1) is 12.5 Å². The van der Waals surface area contributed by atoms with Crippen molar-refractivity contribution in [2.45, 2.75) is 12.5 Å². The van der Waals surface area contributed by atoms with E-state index in [1.54, 1.807) is 34.9 Å². The molecule has 2 rings (SSSR count). The van der Waals surface area contributed by atoms with Gasteiger partial charge in [0.25, 0.3) is 0 Å². The fourth-order valence-electron chi connectivity index (χ4n) is 2.19. The van der Waals surface area contributed by atoms with Crippen molar-refractivity contribution >= 4 is 41.3 Å². The smallest absolute Gasteiger partial charge is 0.305 e. The van der Waals surface area contributed by atoms with E-state index in [2.05, 4.69) is 0 Å². The van der Waals surface area contributed by atoms with E-state index in [0.29, 0.717) is 17.3 Å². The molecule has 0 radical (unpaired) electrons. The van der Waals surface area contributed by atoms with Gasteiger partial charge < -0.3 is 10.0 Å². The fraction of sp³-hybridized carbons (Fsp3) is 0.333. The lowest BCUT2D eigenvalue weighted by Gasteiger charge is -2.33. The Kier molecular flexibility index (Phi) is 5.70. The Labute approximate surface area is 132 Å². The van der Waals surface area contributed by atoms with Gasteiger partial charge in [0.1, 0.15) is 0 Å². The number of benzene rings is 1. The number of carbonyl (C=O) groups excluding carboxylic acids is 1. The van der Waals surface area contributed by atoms with Crippen molar-refractivity contribution in [3.63, 3.8) is 0 Å². The molecule has 112 valence electrons. The summed E-state index contributed by atoms with van der Waals surface area (Å²) in [6, 6.07) is 6.98. The number of hydrogen-bond acceptors (Lipinski definition) is 3. The highest BCUT2D eigenvalue weighted by Gasteiger charge is 2.27. The van der Waals surface area contributed by atoms with Crippen LogP contribution in [-0.4, -0.2) is 46.0 Å². The molecule has 4 nitrogen and oxygen atoms in total. The zero-order valence-corrected chi connectivity index (χ0v) is 12.9. The van der Waals surface area contributed by atoms with E-state index in [1.165, 1.54) is 6.08 Å². The number of carbonyl (C=O) groups is 2. The predicted octanol–water partition coefficient (Wildman–Crippen LogP) is 2.77. The third-order valence-corrected chi connectivity index (χ3v) is 4.51. The first-order chi connectivity index (χ1) is 10.1. The summed E-state index contributed by atoms with van der Waals surface area (Å²) in [7, 11) is 0. The first-order valence-electron chi connectivity index (χ1n) is 6.60. The van der Waals surface area contributed by atoms with Gasteiger partial charge in [-0.05, 0) is 23.8 Å². The van der Waals surface area contributed by atoms with Gasteiger partial charge in [-0.2, -0.15) is 11.8 Å². The second-order valence-corrected chi connectivity index (χ2v) is 6.33. The summed E-state index contributed by atoms with van der Waals surface area (Å²) in [5.74, 6) is 0.483. The molecule has 1 N–H and O–H groups in total. The van der Waals surface area contributed by atoms with Crippen LogP contribution in [0.4, 0.5) is 0 Å². The second-order valence-electron chi connectivity index (χ2n) is 4.75. The first-order valence-corrected chi connectivity index (χ1v) is 8.13. The second kappa shape index (κ2) is 7.52. The van der Waals surface area contributed by atoms with Gasteiger partial charge in [0.2, 0.25) is 5.91 Å². The minimum atomic E-state index is -0.876. The van der Waals surface area contributed by atoms with Gasteiger partial charge in [-0.15, -0.1) is 0 Å². The average molecular weight is 326 g/mol. The summed E-state index contributed by atoms with van der Waals surface area (Å²) >= 11 is 7.58. The summed E-state index contributed by atoms with van der Waals surface area (Å²) < 4.78 is 0. The highest BCUT2D eigenvalue weighted by atomic mass is 35.5. The number of halogens is 1. The first kappa shape index (κ1) is 15.9. The number of carboxylic acid groups (broad SMARTS) is 1. The molecule has 1 atom stereocenters. The minimum absolute atomic E-state index is 0.0102. The Morgan fingerprint density at radius 3 is 3.00 bits per heavy atom. The highest BCUT2D eigenvalue weighted by Crippen LogP contribution is 2.20. The third kappa shape index (κ3) is 4.79. The van der Waals surface area contributed by atoms with E-state index in [9.17, 15) is 9.59 Å². The lowest BCUT2D eigenvalue weighted by atomic mass is 10.1. The van der Waals surface area contributed by atoms with Crippen LogP contribution in [0.2, 0.25) is 5.02 Å². The fourth-order valence-corrected chi connectivity index (χ4v) is 3.45. The van der Waals surface area contributed by atoms with E-state index in [4.69, 9.17) is 16.7 Å². The van der Waals surface area contributed by atoms with Crippen molar-refractivity contribution in [3.05, 3.63) is 40.9 Å². The van der Waals surface area contributed by atoms with E-state index < -0.39 is 5.97 Å². The van der Waals surface area contributed by atoms with Crippen LogP contribution in [0.25, 0.3) is 6.08 Å². The Morgan fingerprint density at radius 1 is 1.48 bits per heavy atom. The molecule has 6 heteroatoms. The van der Waals surface area contributed by atoms with Crippen LogP contribution in [0.3, 0.4) is 0 Å². The average Bonchev–Trinajstić information content (AvgIpc) is 2.45. The zero-order chi connectivity index (χ0) is 15.2. The van der Waals surface area contributed by atoms with Crippen molar-refractivity contribution in [2.75, 3.05) is 18.1 Å². The molecule has 1 aromatic carbocycles. The van der Waals surface area contributed by atoms with Crippen molar-refractivity contribution in [2.24, 2.45) is 0 Å². The van der Waals surface area contributed by atoms with Crippen molar-refractivity contribution < 1.29 is 14.7 Å². The molecule has 21 heavy (non-hydrogen) atoms. The van der Waals surface area contributed by atoms with Gasteiger partial charge in [0.15, 0.2) is 0 Å². The molecule has 0 bridgehead atoms. The Hall–Kier alpha value is -1.46. The van der Waals surface area contributed by atoms with Gasteiger partial charge >= 0.3 is 5.97 Å². The predicted molar refractivity (Wildman–Crippen MR) is 85.6 cm³/mol. The molecular formula is C15H16ClNO3S. The van der Waals surface area contributed by atoms with Crippen molar-refractivity contribution in [1.29, 1.82) is 0 Å². The number of aliphatic carboxylic acids is 1. The van der Waals surface area contributed by atoms with Crippen LogP contribution in [0.15, 0.2) is 30.3 Å². The largest absolute Gasteiger partial charge is 0.481 e. The van der Waals surface area contributed by atoms with Gasteiger partial charge in [0, 0.05) is 29.1 Å². The van der Waals surface area contributed by atoms with Crippen LogP contribution in [0, 0.1) is 0 Å². The maximum atomic E-state index is 12.3. The van der Waals surface area contributed by atoms with Crippen LogP contribution >= 0.6 is 23.4 Å². The van der Waals surface area contributed by atoms with E-state index in [0.717, 1.165) is 11.3 Å². The number of nitrogens with zero attached hydrogens (tertiary/aromatic N) is 1. The van der Waals surface area contributed by atoms with Crippen LogP contribution in [0.5, 0.6) is 0 Å². The summed E-state index contributed by atoms with van der Waals surface area (Å²) in [5.41, 5.74) is 0.844. The van der Waals surface area contributed by atoms with E-state index in [1.807, 2.05) is 12.1 Å². The topological polar surface area (TPSA) is 57.6 Å². The zero-order valence-electron chi connectivity index (χ0n) is 11.4. The van der Waals surface area contributed by atoms with Gasteiger partial charge in [-0.1, -0.05) is 23.7 Å². The van der Waals surface area contributed by atoms with Crippen LogP contribution in [0.1, 0.15) is 12.0 Å². The minimum Gasteiger partial charge on any atom is -0.481 e. The summed E-state index contributed by atoms with van der Waals surface area (Å²) in [5, 5.41) is 9.54. The maximum Gasteiger partial charge on any atom is 0.305 e. The number of amides is 1. The SMILES string of the molecule is O=C(O)CC1CSCCN1C(=O)C=Cc1cccc(Cl)c1. The summed E-state index contributed by atoms with van der Waals surface area (Å²) in [4.78, 5) is 24.8. The molecule has 1 aliphatic rings. The molecule has 0 aliphatic carbocycles. The lowest BCUT2D eigenvalue weighted by Crippen LogP contribution is -2.46. The molecular weight excluding hydrogens is 310 g/mol. The third-order valence-electron chi connectivity index (χ3n) is 3.19. The van der Waals surface area contributed by atoms with Gasteiger partial charge in [-0.25, -0.2) is 0 Å². The van der Waals surface area contributed by atoms with Crippen LogP contribution < -0.4 is 0 Å². The molecule has 1 aromatic rings. The number of rotatable bonds is 4. The van der Waals surface area contributed by atoms with E-state index in [-0.39, 0.29) is 18.4 Å². The monoisotopic (exact) mass is 325 g/mol. The molecule has 1 unspecified atom stereocenters. The number of thioether (sulfide) groups is 1. The van der Waals surface area contributed by atoms with Crippen LogP contribution in [-0.2, 0) is 9.59 Å². The molecule has 1 heterocycles. The molecule has 0 spiro atoms. The number of carboxylic acids is 1. The Bertz CT molecular complexity index is 562. The quantitative estimate of drug-likeness (QED) is 0.865. The number of hydrogen-bond donors (Lipinski definition) is 1. The van der Waals surface area contributed by atoms with E-state index >= 15 is 0 Å². The highest BCUT2D eigenvalue weighted by molar-refractivity contribution is 7.99. The molecule has 1 saturated heterocycles.